The topological polar surface area (TPSA) is 150 Å². The van der Waals surface area contributed by atoms with Crippen LogP contribution in [0.25, 0.3) is 0 Å². The van der Waals surface area contributed by atoms with E-state index in [1.807, 2.05) is 0 Å². The normalized spacial score (nSPS) is 23.8. The molecule has 33 heavy (non-hydrogen) atoms. The SMILES string of the molecule is CC(=O)OCC#CCCO[C@H]1O[C@H](COC(C)=O)[C@@H](OC(C)=O)[C@H](OC(C)=O)[C@@H]1OC(C)=O. The van der Waals surface area contributed by atoms with Crippen molar-refractivity contribution in [2.45, 2.75) is 71.7 Å². The molecular weight excluding hydrogens is 444 g/mol. The van der Waals surface area contributed by atoms with Crippen molar-refractivity contribution < 1.29 is 57.1 Å². The Morgan fingerprint density at radius 1 is 0.697 bits per heavy atom. The summed E-state index contributed by atoms with van der Waals surface area (Å²) in [5, 5.41) is 0. The second kappa shape index (κ2) is 14.1. The highest BCUT2D eigenvalue weighted by Crippen LogP contribution is 2.30. The van der Waals surface area contributed by atoms with E-state index < -0.39 is 60.6 Å². The first-order valence-electron chi connectivity index (χ1n) is 10.0. The van der Waals surface area contributed by atoms with E-state index in [4.69, 9.17) is 28.4 Å². The minimum Gasteiger partial charge on any atom is -0.463 e. The Morgan fingerprint density at radius 3 is 1.79 bits per heavy atom. The average molecular weight is 472 g/mol. The smallest absolute Gasteiger partial charge is 0.303 e. The molecule has 1 rings (SSSR count). The molecule has 1 aliphatic rings. The van der Waals surface area contributed by atoms with Crippen LogP contribution in [0.15, 0.2) is 0 Å². The molecule has 0 N–H and O–H groups in total. The summed E-state index contributed by atoms with van der Waals surface area (Å²) in [6, 6.07) is 0. The van der Waals surface area contributed by atoms with Crippen LogP contribution < -0.4 is 0 Å². The summed E-state index contributed by atoms with van der Waals surface area (Å²) in [4.78, 5) is 57.1. The zero-order chi connectivity index (χ0) is 25.0. The molecule has 0 amide bonds. The number of ether oxygens (including phenoxy) is 7. The predicted molar refractivity (Wildman–Crippen MR) is 107 cm³/mol. The lowest BCUT2D eigenvalue weighted by atomic mass is 9.98. The summed E-state index contributed by atoms with van der Waals surface area (Å²) in [6.07, 6.45) is -6.00. The number of hydrogen-bond acceptors (Lipinski definition) is 12. The van der Waals surface area contributed by atoms with Crippen molar-refractivity contribution in [3.63, 3.8) is 0 Å². The highest BCUT2D eigenvalue weighted by molar-refractivity contribution is 5.68. The summed E-state index contributed by atoms with van der Waals surface area (Å²) in [6.45, 7) is 5.40. The molecule has 1 saturated heterocycles. The van der Waals surface area contributed by atoms with Gasteiger partial charge >= 0.3 is 29.8 Å². The van der Waals surface area contributed by atoms with E-state index in [0.29, 0.717) is 0 Å². The van der Waals surface area contributed by atoms with Gasteiger partial charge in [0.05, 0.1) is 6.61 Å². The molecule has 1 aliphatic heterocycles. The highest BCUT2D eigenvalue weighted by Gasteiger charge is 2.52. The van der Waals surface area contributed by atoms with Gasteiger partial charge in [0.1, 0.15) is 12.7 Å². The molecule has 12 heteroatoms. The van der Waals surface area contributed by atoms with Crippen molar-refractivity contribution in [1.29, 1.82) is 0 Å². The molecule has 0 aromatic rings. The molecule has 0 aromatic heterocycles. The summed E-state index contributed by atoms with van der Waals surface area (Å²) in [5.74, 6) is 2.08. The zero-order valence-corrected chi connectivity index (χ0v) is 19.1. The van der Waals surface area contributed by atoms with Crippen molar-refractivity contribution in [3.05, 3.63) is 0 Å². The molecular formula is C21H28O12. The Balaban J connectivity index is 3.07. The molecule has 0 bridgehead atoms. The standard InChI is InChI=1S/C21H28O12/c1-12(22)27-9-7-6-8-10-28-21-20(32-16(5)26)19(31-15(4)25)18(30-14(3)24)17(33-21)11-29-13(2)23/h17-21H,8-11H2,1-5H3/t17-,18-,19+,20+,21+/m1/s1. The van der Waals surface area contributed by atoms with Crippen LogP contribution in [-0.2, 0) is 57.1 Å². The Hall–Kier alpha value is -3.17. The first kappa shape index (κ1) is 27.9. The maximum absolute atomic E-state index is 11.7. The first-order valence-corrected chi connectivity index (χ1v) is 10.0. The molecule has 0 spiro atoms. The van der Waals surface area contributed by atoms with Gasteiger partial charge in [0.15, 0.2) is 31.2 Å². The summed E-state index contributed by atoms with van der Waals surface area (Å²) in [7, 11) is 0. The minimum atomic E-state index is -1.30. The van der Waals surface area contributed by atoms with E-state index in [-0.39, 0.29) is 26.2 Å². The van der Waals surface area contributed by atoms with Gasteiger partial charge in [-0.2, -0.15) is 0 Å². The van der Waals surface area contributed by atoms with Gasteiger partial charge < -0.3 is 33.2 Å². The van der Waals surface area contributed by atoms with E-state index in [2.05, 4.69) is 16.6 Å². The van der Waals surface area contributed by atoms with Crippen molar-refractivity contribution in [3.8, 4) is 11.8 Å². The van der Waals surface area contributed by atoms with Gasteiger partial charge in [-0.3, -0.25) is 24.0 Å². The molecule has 0 aliphatic carbocycles. The van der Waals surface area contributed by atoms with E-state index in [0.717, 1.165) is 20.8 Å². The highest BCUT2D eigenvalue weighted by atomic mass is 16.7. The fraction of sp³-hybridized carbons (Fsp3) is 0.667. The van der Waals surface area contributed by atoms with Crippen LogP contribution in [0.4, 0.5) is 0 Å². The van der Waals surface area contributed by atoms with Crippen molar-refractivity contribution in [1.82, 2.24) is 0 Å². The quantitative estimate of drug-likeness (QED) is 0.193. The molecule has 1 heterocycles. The van der Waals surface area contributed by atoms with Crippen LogP contribution in [0.3, 0.4) is 0 Å². The summed E-state index contributed by atoms with van der Waals surface area (Å²) >= 11 is 0. The van der Waals surface area contributed by atoms with Crippen LogP contribution in [0.5, 0.6) is 0 Å². The lowest BCUT2D eigenvalue weighted by Crippen LogP contribution is -2.63. The number of hydrogen-bond donors (Lipinski definition) is 0. The average Bonchev–Trinajstić information content (AvgIpc) is 2.68. The zero-order valence-electron chi connectivity index (χ0n) is 19.1. The summed E-state index contributed by atoms with van der Waals surface area (Å²) in [5.41, 5.74) is 0. The number of carbonyl (C=O) groups excluding carboxylic acids is 5. The molecule has 1 fully saturated rings. The third-order valence-corrected chi connectivity index (χ3v) is 3.93. The Morgan fingerprint density at radius 2 is 1.24 bits per heavy atom. The fourth-order valence-electron chi connectivity index (χ4n) is 2.83. The van der Waals surface area contributed by atoms with Gasteiger partial charge in [0.2, 0.25) is 0 Å². The maximum Gasteiger partial charge on any atom is 0.303 e. The van der Waals surface area contributed by atoms with E-state index in [1.165, 1.54) is 13.8 Å². The Labute approximate surface area is 191 Å². The first-order chi connectivity index (χ1) is 15.5. The van der Waals surface area contributed by atoms with E-state index >= 15 is 0 Å². The minimum absolute atomic E-state index is 0.000805. The monoisotopic (exact) mass is 472 g/mol. The molecule has 0 saturated carbocycles. The van der Waals surface area contributed by atoms with Gasteiger partial charge in [0.25, 0.3) is 0 Å². The predicted octanol–water partition coefficient (Wildman–Crippen LogP) is 0.0427. The van der Waals surface area contributed by atoms with Gasteiger partial charge in [-0.05, 0) is 0 Å². The van der Waals surface area contributed by atoms with Crippen molar-refractivity contribution >= 4 is 29.8 Å². The molecule has 0 aromatic carbocycles. The maximum atomic E-state index is 11.7. The van der Waals surface area contributed by atoms with Crippen molar-refractivity contribution in [2.24, 2.45) is 0 Å². The molecule has 0 unspecified atom stereocenters. The Bertz CT molecular complexity index is 780. The van der Waals surface area contributed by atoms with Crippen LogP contribution in [0, 0.1) is 11.8 Å². The fourth-order valence-corrected chi connectivity index (χ4v) is 2.83. The van der Waals surface area contributed by atoms with Gasteiger partial charge in [0, 0.05) is 41.0 Å². The largest absolute Gasteiger partial charge is 0.463 e. The third-order valence-electron chi connectivity index (χ3n) is 3.93. The third kappa shape index (κ3) is 10.8. The van der Waals surface area contributed by atoms with Crippen LogP contribution in [-0.4, -0.2) is 80.4 Å². The second-order valence-corrected chi connectivity index (χ2v) is 6.82. The van der Waals surface area contributed by atoms with Crippen molar-refractivity contribution in [2.75, 3.05) is 19.8 Å². The van der Waals surface area contributed by atoms with Gasteiger partial charge in [-0.25, -0.2) is 0 Å². The Kier molecular flexibility index (Phi) is 11.9. The molecule has 12 nitrogen and oxygen atoms in total. The summed E-state index contributed by atoms with van der Waals surface area (Å²) < 4.78 is 36.9. The lowest BCUT2D eigenvalue weighted by Gasteiger charge is -2.44. The van der Waals surface area contributed by atoms with Crippen LogP contribution in [0.1, 0.15) is 41.0 Å². The van der Waals surface area contributed by atoms with E-state index in [9.17, 15) is 24.0 Å². The lowest BCUT2D eigenvalue weighted by molar-refractivity contribution is -0.307. The number of carbonyl (C=O) groups is 5. The number of rotatable bonds is 9. The van der Waals surface area contributed by atoms with Gasteiger partial charge in [-0.15, -0.1) is 0 Å². The van der Waals surface area contributed by atoms with E-state index in [1.54, 1.807) is 0 Å². The molecule has 184 valence electrons. The van der Waals surface area contributed by atoms with Gasteiger partial charge in [-0.1, -0.05) is 11.8 Å². The molecule has 0 radical (unpaired) electrons. The van der Waals surface area contributed by atoms with Crippen LogP contribution >= 0.6 is 0 Å². The molecule has 5 atom stereocenters. The number of esters is 5. The second-order valence-electron chi connectivity index (χ2n) is 6.82. The van der Waals surface area contributed by atoms with Crippen LogP contribution in [0.2, 0.25) is 0 Å².